The van der Waals surface area contributed by atoms with E-state index >= 15 is 0 Å². The molecule has 0 saturated heterocycles. The average molecular weight is 255 g/mol. The van der Waals surface area contributed by atoms with Crippen molar-refractivity contribution in [1.82, 2.24) is 0 Å². The average Bonchev–Trinajstić information content (AvgIpc) is 3.02. The third kappa shape index (κ3) is 3.12. The van der Waals surface area contributed by atoms with Crippen LogP contribution in [0.3, 0.4) is 0 Å². The molecule has 0 amide bonds. The Labute approximate surface area is 102 Å². The second-order valence-corrected chi connectivity index (χ2v) is 6.50. The van der Waals surface area contributed by atoms with E-state index in [-0.39, 0.29) is 10.6 Å². The summed E-state index contributed by atoms with van der Waals surface area (Å²) in [6.45, 7) is 0.599. The summed E-state index contributed by atoms with van der Waals surface area (Å²) in [6.07, 6.45) is 4.72. The number of benzene rings is 1. The van der Waals surface area contributed by atoms with Gasteiger partial charge in [0.05, 0.1) is 17.2 Å². The Morgan fingerprint density at radius 2 is 2.12 bits per heavy atom. The molecule has 2 rings (SSSR count). The fourth-order valence-electron chi connectivity index (χ4n) is 1.72. The van der Waals surface area contributed by atoms with Crippen LogP contribution in [0.5, 0.6) is 5.75 Å². The first-order chi connectivity index (χ1) is 7.98. The first-order valence-corrected chi connectivity index (χ1v) is 7.59. The molecule has 0 spiro atoms. The maximum Gasteiger partial charge on any atom is 0.177 e. The maximum absolute atomic E-state index is 11.5. The van der Waals surface area contributed by atoms with Crippen molar-refractivity contribution in [2.45, 2.75) is 24.2 Å². The molecule has 2 N–H and O–H groups in total. The van der Waals surface area contributed by atoms with E-state index in [1.165, 1.54) is 18.9 Å². The van der Waals surface area contributed by atoms with Crippen LogP contribution in [0.4, 0.5) is 5.69 Å². The predicted molar refractivity (Wildman–Crippen MR) is 66.8 cm³/mol. The molecule has 17 heavy (non-hydrogen) atoms. The number of para-hydroxylation sites is 1. The normalized spacial score (nSPS) is 15.8. The van der Waals surface area contributed by atoms with Crippen LogP contribution in [0.1, 0.15) is 19.3 Å². The third-order valence-corrected chi connectivity index (χ3v) is 4.06. The first kappa shape index (κ1) is 12.2. The minimum atomic E-state index is -3.29. The van der Waals surface area contributed by atoms with Gasteiger partial charge in [-0.25, -0.2) is 8.42 Å². The minimum Gasteiger partial charge on any atom is -0.491 e. The van der Waals surface area contributed by atoms with Gasteiger partial charge in [0.25, 0.3) is 0 Å². The van der Waals surface area contributed by atoms with E-state index in [2.05, 4.69) is 0 Å². The lowest BCUT2D eigenvalue weighted by Gasteiger charge is -2.11. The predicted octanol–water partition coefficient (Wildman–Crippen LogP) is 1.85. The van der Waals surface area contributed by atoms with Crippen molar-refractivity contribution in [2.24, 2.45) is 5.92 Å². The van der Waals surface area contributed by atoms with Gasteiger partial charge in [-0.3, -0.25) is 0 Å². The molecular formula is C12H17NO3S. The van der Waals surface area contributed by atoms with E-state index in [0.717, 1.165) is 18.6 Å². The van der Waals surface area contributed by atoms with Crippen molar-refractivity contribution in [3.63, 3.8) is 0 Å². The van der Waals surface area contributed by atoms with Gasteiger partial charge in [0, 0.05) is 6.26 Å². The first-order valence-electron chi connectivity index (χ1n) is 5.70. The van der Waals surface area contributed by atoms with Gasteiger partial charge < -0.3 is 10.5 Å². The van der Waals surface area contributed by atoms with Crippen LogP contribution in [0.2, 0.25) is 0 Å². The summed E-state index contributed by atoms with van der Waals surface area (Å²) >= 11 is 0. The lowest BCUT2D eigenvalue weighted by molar-refractivity contribution is 0.303. The van der Waals surface area contributed by atoms with Crippen LogP contribution in [0, 0.1) is 5.92 Å². The molecule has 1 aliphatic rings. The quantitative estimate of drug-likeness (QED) is 0.815. The van der Waals surface area contributed by atoms with Crippen molar-refractivity contribution >= 4 is 15.5 Å². The molecule has 0 unspecified atom stereocenters. The Morgan fingerprint density at radius 1 is 1.41 bits per heavy atom. The zero-order valence-corrected chi connectivity index (χ0v) is 10.7. The summed E-state index contributed by atoms with van der Waals surface area (Å²) < 4.78 is 28.5. The molecule has 1 aromatic carbocycles. The number of hydrogen-bond donors (Lipinski definition) is 1. The van der Waals surface area contributed by atoms with Crippen molar-refractivity contribution in [3.8, 4) is 5.75 Å². The number of hydrogen-bond acceptors (Lipinski definition) is 4. The summed E-state index contributed by atoms with van der Waals surface area (Å²) in [5.41, 5.74) is 6.01. The Balaban J connectivity index is 2.11. The highest BCUT2D eigenvalue weighted by atomic mass is 32.2. The van der Waals surface area contributed by atoms with Crippen LogP contribution >= 0.6 is 0 Å². The van der Waals surface area contributed by atoms with Crippen molar-refractivity contribution < 1.29 is 13.2 Å². The van der Waals surface area contributed by atoms with Crippen molar-refractivity contribution in [3.05, 3.63) is 18.2 Å². The minimum absolute atomic E-state index is 0.140. The van der Waals surface area contributed by atoms with Crippen LogP contribution in [-0.4, -0.2) is 21.3 Å². The third-order valence-electron chi connectivity index (χ3n) is 2.91. The summed E-state index contributed by atoms with van der Waals surface area (Å²) in [7, 11) is -3.29. The number of sulfone groups is 1. The van der Waals surface area contributed by atoms with Gasteiger partial charge in [-0.05, 0) is 24.5 Å². The van der Waals surface area contributed by atoms with Crippen LogP contribution in [0.15, 0.2) is 23.1 Å². The maximum atomic E-state index is 11.5. The van der Waals surface area contributed by atoms with Gasteiger partial charge in [0.2, 0.25) is 0 Å². The van der Waals surface area contributed by atoms with E-state index in [1.807, 2.05) is 0 Å². The van der Waals surface area contributed by atoms with Gasteiger partial charge >= 0.3 is 0 Å². The summed E-state index contributed by atoms with van der Waals surface area (Å²) in [5.74, 6) is 1.25. The molecule has 0 atom stereocenters. The Hall–Kier alpha value is -1.23. The number of nitrogens with two attached hydrogens (primary N) is 1. The Bertz CT molecular complexity index is 506. The van der Waals surface area contributed by atoms with Crippen LogP contribution < -0.4 is 10.5 Å². The van der Waals surface area contributed by atoms with Crippen LogP contribution in [-0.2, 0) is 9.84 Å². The molecule has 1 aromatic rings. The topological polar surface area (TPSA) is 69.4 Å². The highest BCUT2D eigenvalue weighted by molar-refractivity contribution is 7.90. The number of ether oxygens (including phenoxy) is 1. The molecule has 94 valence electrons. The van der Waals surface area contributed by atoms with Gasteiger partial charge in [-0.1, -0.05) is 18.9 Å². The second-order valence-electron chi connectivity index (χ2n) is 4.52. The van der Waals surface area contributed by atoms with Crippen molar-refractivity contribution in [2.75, 3.05) is 18.6 Å². The largest absolute Gasteiger partial charge is 0.491 e. The smallest absolute Gasteiger partial charge is 0.177 e. The van der Waals surface area contributed by atoms with Gasteiger partial charge in [-0.2, -0.15) is 0 Å². The zero-order valence-electron chi connectivity index (χ0n) is 9.85. The molecule has 1 fully saturated rings. The number of anilines is 1. The summed E-state index contributed by atoms with van der Waals surface area (Å²) in [5, 5.41) is 0. The molecule has 0 heterocycles. The Kier molecular flexibility index (Phi) is 3.28. The van der Waals surface area contributed by atoms with Crippen LogP contribution in [0.25, 0.3) is 0 Å². The molecule has 1 saturated carbocycles. The molecule has 0 bridgehead atoms. The molecule has 4 nitrogen and oxygen atoms in total. The van der Waals surface area contributed by atoms with Gasteiger partial charge in [-0.15, -0.1) is 0 Å². The summed E-state index contributed by atoms with van der Waals surface area (Å²) in [6, 6.07) is 4.86. The van der Waals surface area contributed by atoms with E-state index in [0.29, 0.717) is 12.4 Å². The number of rotatable bonds is 5. The second kappa shape index (κ2) is 4.56. The molecule has 1 aliphatic carbocycles. The standard InChI is InChI=1S/C12H17NO3S/c1-17(14,15)11-4-2-3-10(12(11)13)16-8-7-9-5-6-9/h2-4,9H,5-8,13H2,1H3. The Morgan fingerprint density at radius 3 is 2.71 bits per heavy atom. The molecule has 5 heteroatoms. The van der Waals surface area contributed by atoms with E-state index in [1.54, 1.807) is 12.1 Å². The molecule has 0 radical (unpaired) electrons. The SMILES string of the molecule is CS(=O)(=O)c1cccc(OCCC2CC2)c1N. The number of nitrogen functional groups attached to an aromatic ring is 1. The van der Waals surface area contributed by atoms with E-state index in [9.17, 15) is 8.42 Å². The lowest BCUT2D eigenvalue weighted by Crippen LogP contribution is -2.06. The van der Waals surface area contributed by atoms with Gasteiger partial charge in [0.1, 0.15) is 5.75 Å². The fourth-order valence-corrected chi connectivity index (χ4v) is 2.54. The molecule has 0 aliphatic heterocycles. The zero-order chi connectivity index (χ0) is 12.5. The lowest BCUT2D eigenvalue weighted by atomic mass is 10.3. The fraction of sp³-hybridized carbons (Fsp3) is 0.500. The summed E-state index contributed by atoms with van der Waals surface area (Å²) in [4.78, 5) is 0.140. The van der Waals surface area contributed by atoms with Gasteiger partial charge in [0.15, 0.2) is 9.84 Å². The highest BCUT2D eigenvalue weighted by Gasteiger charge is 2.21. The monoisotopic (exact) mass is 255 g/mol. The van der Waals surface area contributed by atoms with Crippen molar-refractivity contribution in [1.29, 1.82) is 0 Å². The van der Waals surface area contributed by atoms with E-state index < -0.39 is 9.84 Å². The highest BCUT2D eigenvalue weighted by Crippen LogP contribution is 2.33. The molecular weight excluding hydrogens is 238 g/mol. The van der Waals surface area contributed by atoms with E-state index in [4.69, 9.17) is 10.5 Å². The molecule has 0 aromatic heterocycles.